The number of aryl methyl sites for hydroxylation is 1. The molecule has 1 fully saturated rings. The molecule has 1 aromatic heterocycles. The number of nitrogens with one attached hydrogen (secondary N) is 1. The standard InChI is InChI=1S/C21H28N2/c1-2-6-15(7-3-1)16-10-11-20-18(14-16)17-8-4-5-9-19-21(17)23(20)13-12-22-19/h10-11,14-15,19,22H,1-9,12-13H2. The minimum absolute atomic E-state index is 0.604. The van der Waals surface area contributed by atoms with Crippen LogP contribution < -0.4 is 5.32 Å². The first-order valence-electron chi connectivity index (χ1n) is 9.80. The Bertz CT molecular complexity index is 721. The van der Waals surface area contributed by atoms with Crippen LogP contribution in [0.3, 0.4) is 0 Å². The van der Waals surface area contributed by atoms with E-state index in [1.165, 1.54) is 63.3 Å². The summed E-state index contributed by atoms with van der Waals surface area (Å²) in [5.74, 6) is 0.817. The number of fused-ring (bicyclic) bond motifs is 3. The molecule has 2 aromatic rings. The summed E-state index contributed by atoms with van der Waals surface area (Å²) in [6.07, 6.45) is 12.4. The lowest BCUT2D eigenvalue weighted by molar-refractivity contribution is 0.409. The summed E-state index contributed by atoms with van der Waals surface area (Å²) in [4.78, 5) is 0. The van der Waals surface area contributed by atoms with Gasteiger partial charge in [0.2, 0.25) is 0 Å². The fraction of sp³-hybridized carbons (Fsp3) is 0.619. The van der Waals surface area contributed by atoms with E-state index in [1.807, 2.05) is 0 Å². The highest BCUT2D eigenvalue weighted by atomic mass is 15.1. The Morgan fingerprint density at radius 3 is 2.74 bits per heavy atom. The van der Waals surface area contributed by atoms with Crippen LogP contribution in [0.1, 0.15) is 80.1 Å². The van der Waals surface area contributed by atoms with Crippen LogP contribution >= 0.6 is 0 Å². The van der Waals surface area contributed by atoms with Gasteiger partial charge in [0.25, 0.3) is 0 Å². The Balaban J connectivity index is 1.66. The van der Waals surface area contributed by atoms with Gasteiger partial charge in [-0.15, -0.1) is 0 Å². The lowest BCUT2D eigenvalue weighted by Gasteiger charge is -2.26. The van der Waals surface area contributed by atoms with Crippen LogP contribution in [0.4, 0.5) is 0 Å². The van der Waals surface area contributed by atoms with Gasteiger partial charge in [-0.3, -0.25) is 0 Å². The van der Waals surface area contributed by atoms with Gasteiger partial charge in [-0.05, 0) is 61.3 Å². The molecule has 0 saturated heterocycles. The van der Waals surface area contributed by atoms with Gasteiger partial charge in [0.15, 0.2) is 0 Å². The largest absolute Gasteiger partial charge is 0.342 e. The summed E-state index contributed by atoms with van der Waals surface area (Å²) in [6.45, 7) is 2.27. The summed E-state index contributed by atoms with van der Waals surface area (Å²) in [7, 11) is 0. The number of nitrogens with zero attached hydrogens (tertiary/aromatic N) is 1. The summed E-state index contributed by atoms with van der Waals surface area (Å²) < 4.78 is 2.64. The van der Waals surface area contributed by atoms with Crippen molar-refractivity contribution in [2.24, 2.45) is 0 Å². The van der Waals surface area contributed by atoms with E-state index in [-0.39, 0.29) is 0 Å². The molecule has 0 radical (unpaired) electrons. The molecule has 23 heavy (non-hydrogen) atoms. The van der Waals surface area contributed by atoms with Crippen LogP contribution in [0.2, 0.25) is 0 Å². The zero-order valence-electron chi connectivity index (χ0n) is 14.1. The molecule has 5 rings (SSSR count). The fourth-order valence-corrected chi connectivity index (χ4v) is 5.39. The van der Waals surface area contributed by atoms with Crippen molar-refractivity contribution in [2.75, 3.05) is 6.54 Å². The molecular formula is C21H28N2. The Kier molecular flexibility index (Phi) is 3.47. The molecule has 1 unspecified atom stereocenters. The average Bonchev–Trinajstić information content (AvgIpc) is 2.77. The summed E-state index contributed by atoms with van der Waals surface area (Å²) in [5.41, 5.74) is 6.42. The van der Waals surface area contributed by atoms with Gasteiger partial charge in [-0.2, -0.15) is 0 Å². The number of benzene rings is 1. The van der Waals surface area contributed by atoms with Crippen molar-refractivity contribution < 1.29 is 0 Å². The summed E-state index contributed by atoms with van der Waals surface area (Å²) >= 11 is 0. The van der Waals surface area contributed by atoms with Gasteiger partial charge in [0.05, 0.1) is 0 Å². The van der Waals surface area contributed by atoms with Crippen molar-refractivity contribution in [3.05, 3.63) is 35.0 Å². The Hall–Kier alpha value is -1.28. The number of rotatable bonds is 1. The normalized spacial score (nSPS) is 25.3. The molecule has 1 atom stereocenters. The second kappa shape index (κ2) is 5.66. The van der Waals surface area contributed by atoms with E-state index in [0.717, 1.165) is 19.0 Å². The van der Waals surface area contributed by atoms with Gasteiger partial charge >= 0.3 is 0 Å². The molecule has 0 amide bonds. The van der Waals surface area contributed by atoms with Crippen molar-refractivity contribution in [3.8, 4) is 0 Å². The molecule has 0 bridgehead atoms. The van der Waals surface area contributed by atoms with Gasteiger partial charge in [0, 0.05) is 35.7 Å². The second-order valence-electron chi connectivity index (χ2n) is 7.88. The van der Waals surface area contributed by atoms with Crippen LogP contribution in [0.5, 0.6) is 0 Å². The predicted octanol–water partition coefficient (Wildman–Crippen LogP) is 5.06. The highest BCUT2D eigenvalue weighted by molar-refractivity contribution is 5.87. The maximum atomic E-state index is 3.78. The van der Waals surface area contributed by atoms with Gasteiger partial charge in [-0.25, -0.2) is 0 Å². The van der Waals surface area contributed by atoms with Crippen molar-refractivity contribution in [2.45, 2.75) is 76.3 Å². The van der Waals surface area contributed by atoms with Gasteiger partial charge in [0.1, 0.15) is 0 Å². The van der Waals surface area contributed by atoms with Crippen LogP contribution in [0.15, 0.2) is 18.2 Å². The topological polar surface area (TPSA) is 17.0 Å². The quantitative estimate of drug-likeness (QED) is 0.779. The van der Waals surface area contributed by atoms with Crippen molar-refractivity contribution in [1.82, 2.24) is 9.88 Å². The predicted molar refractivity (Wildman–Crippen MR) is 96.1 cm³/mol. The van der Waals surface area contributed by atoms with E-state index < -0.39 is 0 Å². The van der Waals surface area contributed by atoms with E-state index >= 15 is 0 Å². The van der Waals surface area contributed by atoms with E-state index in [4.69, 9.17) is 0 Å². The van der Waals surface area contributed by atoms with Crippen LogP contribution in [0.25, 0.3) is 10.9 Å². The Labute approximate surface area is 139 Å². The molecule has 1 aliphatic heterocycles. The van der Waals surface area contributed by atoms with Crippen molar-refractivity contribution >= 4 is 10.9 Å². The van der Waals surface area contributed by atoms with Crippen LogP contribution in [-0.2, 0) is 13.0 Å². The van der Waals surface area contributed by atoms with Gasteiger partial charge in [-0.1, -0.05) is 31.7 Å². The molecule has 3 aliphatic rings. The SMILES string of the molecule is c1cc2c(cc1C1CCCCC1)c1c3n2CCNC3CCCC1. The zero-order chi connectivity index (χ0) is 15.2. The molecule has 2 aliphatic carbocycles. The third kappa shape index (κ3) is 2.26. The first-order chi connectivity index (χ1) is 11.4. The van der Waals surface area contributed by atoms with Crippen LogP contribution in [0, 0.1) is 0 Å². The molecule has 2 nitrogen and oxygen atoms in total. The first kappa shape index (κ1) is 14.1. The van der Waals surface area contributed by atoms with E-state index in [1.54, 1.807) is 22.2 Å². The van der Waals surface area contributed by atoms with Crippen molar-refractivity contribution in [1.29, 1.82) is 0 Å². The summed E-state index contributed by atoms with van der Waals surface area (Å²) in [5, 5.41) is 5.36. The smallest absolute Gasteiger partial charge is 0.0486 e. The number of hydrogen-bond donors (Lipinski definition) is 1. The molecule has 122 valence electrons. The van der Waals surface area contributed by atoms with E-state index in [0.29, 0.717) is 6.04 Å². The third-order valence-corrected chi connectivity index (χ3v) is 6.54. The number of hydrogen-bond acceptors (Lipinski definition) is 1. The van der Waals surface area contributed by atoms with E-state index in [9.17, 15) is 0 Å². The van der Waals surface area contributed by atoms with Crippen molar-refractivity contribution in [3.63, 3.8) is 0 Å². The molecule has 2 heteroatoms. The highest BCUT2D eigenvalue weighted by Crippen LogP contribution is 2.40. The zero-order valence-corrected chi connectivity index (χ0v) is 14.1. The molecule has 1 aromatic carbocycles. The highest BCUT2D eigenvalue weighted by Gasteiger charge is 2.29. The molecular weight excluding hydrogens is 280 g/mol. The van der Waals surface area contributed by atoms with E-state index in [2.05, 4.69) is 28.1 Å². The minimum Gasteiger partial charge on any atom is -0.342 e. The monoisotopic (exact) mass is 308 g/mol. The molecule has 1 N–H and O–H groups in total. The Morgan fingerprint density at radius 1 is 0.957 bits per heavy atom. The summed E-state index contributed by atoms with van der Waals surface area (Å²) in [6, 6.07) is 8.06. The van der Waals surface area contributed by atoms with Crippen LogP contribution in [-0.4, -0.2) is 11.1 Å². The lowest BCUT2D eigenvalue weighted by Crippen LogP contribution is -2.33. The number of aromatic nitrogens is 1. The molecule has 0 spiro atoms. The van der Waals surface area contributed by atoms with Gasteiger partial charge < -0.3 is 9.88 Å². The molecule has 2 heterocycles. The Morgan fingerprint density at radius 2 is 1.83 bits per heavy atom. The molecule has 1 saturated carbocycles. The second-order valence-corrected chi connectivity index (χ2v) is 7.88. The third-order valence-electron chi connectivity index (χ3n) is 6.54. The lowest BCUT2D eigenvalue weighted by atomic mass is 9.83. The first-order valence-corrected chi connectivity index (χ1v) is 9.80. The minimum atomic E-state index is 0.604. The maximum absolute atomic E-state index is 3.78. The maximum Gasteiger partial charge on any atom is 0.0486 e. The average molecular weight is 308 g/mol. The fourth-order valence-electron chi connectivity index (χ4n) is 5.39.